The van der Waals surface area contributed by atoms with Crippen molar-refractivity contribution in [3.8, 4) is 11.1 Å². The summed E-state index contributed by atoms with van der Waals surface area (Å²) in [6, 6.07) is 15.6. The number of carbonyl (C=O) groups is 2. The topological polar surface area (TPSA) is 83.1 Å². The van der Waals surface area contributed by atoms with Crippen molar-refractivity contribution in [2.24, 2.45) is 5.92 Å². The number of rotatable bonds is 9. The second-order valence-corrected chi connectivity index (χ2v) is 9.78. The number of carbonyl (C=O) groups excluding carboxylic acids is 2. The molecule has 1 saturated carbocycles. The predicted octanol–water partition coefficient (Wildman–Crippen LogP) is 4.62. The number of anilines is 1. The van der Waals surface area contributed by atoms with Gasteiger partial charge < -0.3 is 16.0 Å². The van der Waals surface area contributed by atoms with Gasteiger partial charge in [-0.2, -0.15) is 0 Å². The summed E-state index contributed by atoms with van der Waals surface area (Å²) in [5.41, 5.74) is 3.13. The van der Waals surface area contributed by atoms with Crippen LogP contribution in [0.25, 0.3) is 21.3 Å². The zero-order chi connectivity index (χ0) is 23.2. The Morgan fingerprint density at radius 2 is 1.82 bits per heavy atom. The first-order valence-electron chi connectivity index (χ1n) is 11.8. The molecule has 1 aliphatic rings. The van der Waals surface area contributed by atoms with Crippen molar-refractivity contribution in [3.05, 3.63) is 48.5 Å². The highest BCUT2D eigenvalue weighted by Crippen LogP contribution is 2.33. The molecule has 174 valence electrons. The molecule has 2 atom stereocenters. The number of nitrogens with one attached hydrogen (secondary N) is 3. The molecule has 2 aromatic carbocycles. The van der Waals surface area contributed by atoms with Crippen molar-refractivity contribution in [2.45, 2.75) is 51.1 Å². The highest BCUT2D eigenvalue weighted by Gasteiger charge is 2.31. The molecule has 0 unspecified atom stereocenters. The van der Waals surface area contributed by atoms with E-state index in [4.69, 9.17) is 4.98 Å². The molecular formula is C26H32N4O2S. The number of nitrogens with zero attached hydrogens (tertiary/aromatic N) is 1. The maximum Gasteiger partial charge on any atom is 0.237 e. The quantitative estimate of drug-likeness (QED) is 0.430. The first-order chi connectivity index (χ1) is 16.1. The number of amides is 1. The summed E-state index contributed by atoms with van der Waals surface area (Å²) < 4.78 is 1.08. The van der Waals surface area contributed by atoms with Gasteiger partial charge in [-0.1, -0.05) is 73.1 Å². The zero-order valence-corrected chi connectivity index (χ0v) is 20.1. The van der Waals surface area contributed by atoms with Crippen molar-refractivity contribution < 1.29 is 9.59 Å². The maximum absolute atomic E-state index is 13.2. The van der Waals surface area contributed by atoms with Gasteiger partial charge in [0.15, 0.2) is 10.9 Å². The Bertz CT molecular complexity index is 1090. The monoisotopic (exact) mass is 464 g/mol. The molecule has 0 radical (unpaired) electrons. The maximum atomic E-state index is 13.2. The first-order valence-corrected chi connectivity index (χ1v) is 12.6. The minimum absolute atomic E-state index is 0.0149. The molecule has 7 heteroatoms. The van der Waals surface area contributed by atoms with E-state index in [1.165, 1.54) is 6.42 Å². The van der Waals surface area contributed by atoms with Crippen LogP contribution in [0.2, 0.25) is 0 Å². The number of Topliss-reactive ketones (excluding diaryl/α,β-unsaturated/α-hetero) is 1. The summed E-state index contributed by atoms with van der Waals surface area (Å²) in [7, 11) is 1.75. The van der Waals surface area contributed by atoms with Crippen molar-refractivity contribution in [3.63, 3.8) is 0 Å². The average molecular weight is 465 g/mol. The molecule has 0 spiro atoms. The van der Waals surface area contributed by atoms with Crippen LogP contribution in [-0.4, -0.2) is 42.4 Å². The molecule has 3 N–H and O–H groups in total. The number of benzene rings is 2. The fraction of sp³-hybridized carbons (Fsp3) is 0.423. The Hall–Kier alpha value is -2.77. The van der Waals surface area contributed by atoms with Crippen LogP contribution < -0.4 is 16.0 Å². The van der Waals surface area contributed by atoms with Gasteiger partial charge in [-0.05, 0) is 44.4 Å². The summed E-state index contributed by atoms with van der Waals surface area (Å²) in [5, 5.41) is 9.94. The first kappa shape index (κ1) is 23.4. The third-order valence-corrected chi connectivity index (χ3v) is 7.49. The van der Waals surface area contributed by atoms with E-state index in [1.807, 2.05) is 24.3 Å². The second kappa shape index (κ2) is 10.9. The van der Waals surface area contributed by atoms with Gasteiger partial charge in [0.25, 0.3) is 0 Å². The van der Waals surface area contributed by atoms with Crippen molar-refractivity contribution in [1.29, 1.82) is 0 Å². The second-order valence-electron chi connectivity index (χ2n) is 8.75. The van der Waals surface area contributed by atoms with E-state index in [9.17, 15) is 9.59 Å². The van der Waals surface area contributed by atoms with E-state index >= 15 is 0 Å². The molecule has 1 amide bonds. The highest BCUT2D eigenvalue weighted by atomic mass is 32.1. The lowest BCUT2D eigenvalue weighted by molar-refractivity contribution is -0.129. The predicted molar refractivity (Wildman–Crippen MR) is 136 cm³/mol. The molecule has 0 aliphatic heterocycles. The molecule has 1 heterocycles. The lowest BCUT2D eigenvalue weighted by Crippen LogP contribution is -2.52. The smallest absolute Gasteiger partial charge is 0.237 e. The summed E-state index contributed by atoms with van der Waals surface area (Å²) >= 11 is 1.55. The molecule has 1 aliphatic carbocycles. The van der Waals surface area contributed by atoms with E-state index < -0.39 is 6.04 Å². The number of para-hydroxylation sites is 1. The molecule has 4 rings (SSSR count). The van der Waals surface area contributed by atoms with Gasteiger partial charge in [-0.3, -0.25) is 9.59 Å². The van der Waals surface area contributed by atoms with Crippen LogP contribution in [0.1, 0.15) is 39.0 Å². The fourth-order valence-corrected chi connectivity index (χ4v) is 5.37. The third kappa shape index (κ3) is 5.60. The summed E-state index contributed by atoms with van der Waals surface area (Å²) in [6.07, 6.45) is 5.38. The minimum Gasteiger partial charge on any atom is -0.354 e. The van der Waals surface area contributed by atoms with E-state index in [0.29, 0.717) is 0 Å². The van der Waals surface area contributed by atoms with Gasteiger partial charge in [0.2, 0.25) is 5.91 Å². The molecule has 6 nitrogen and oxygen atoms in total. The van der Waals surface area contributed by atoms with E-state index in [-0.39, 0.29) is 30.2 Å². The summed E-state index contributed by atoms with van der Waals surface area (Å²) in [4.78, 5) is 30.6. The van der Waals surface area contributed by atoms with Gasteiger partial charge >= 0.3 is 0 Å². The Kier molecular flexibility index (Phi) is 7.73. The molecule has 33 heavy (non-hydrogen) atoms. The van der Waals surface area contributed by atoms with Gasteiger partial charge in [0, 0.05) is 5.56 Å². The number of thiazole rings is 1. The Morgan fingerprint density at radius 3 is 2.55 bits per heavy atom. The third-order valence-electron chi connectivity index (χ3n) is 6.51. The number of likely N-dealkylation sites (N-methyl/N-ethyl adjacent to an activating group) is 1. The normalized spacial score (nSPS) is 16.3. The highest BCUT2D eigenvalue weighted by molar-refractivity contribution is 7.22. The van der Waals surface area contributed by atoms with E-state index in [1.54, 1.807) is 25.3 Å². The lowest BCUT2D eigenvalue weighted by Gasteiger charge is -2.30. The van der Waals surface area contributed by atoms with Gasteiger partial charge in [-0.15, -0.1) is 0 Å². The molecular weight excluding hydrogens is 432 g/mol. The molecule has 0 bridgehead atoms. The molecule has 0 saturated heterocycles. The van der Waals surface area contributed by atoms with E-state index in [0.717, 1.165) is 52.2 Å². The van der Waals surface area contributed by atoms with Gasteiger partial charge in [-0.25, -0.2) is 4.98 Å². The van der Waals surface area contributed by atoms with Crippen LogP contribution in [0.3, 0.4) is 0 Å². The van der Waals surface area contributed by atoms with Crippen molar-refractivity contribution >= 4 is 38.4 Å². The largest absolute Gasteiger partial charge is 0.354 e. The number of aromatic nitrogens is 1. The average Bonchev–Trinajstić information content (AvgIpc) is 3.29. The molecule has 3 aromatic rings. The van der Waals surface area contributed by atoms with E-state index in [2.05, 4.69) is 40.2 Å². The number of fused-ring (bicyclic) bond motifs is 1. The lowest BCUT2D eigenvalue weighted by atomic mass is 9.82. The Labute approximate surface area is 199 Å². The summed E-state index contributed by atoms with van der Waals surface area (Å²) in [6.45, 7) is 1.96. The molecule has 1 aromatic heterocycles. The Balaban J connectivity index is 1.49. The number of hydrogen-bond donors (Lipinski definition) is 3. The zero-order valence-electron chi connectivity index (χ0n) is 19.3. The SMILES string of the molecule is CN[C@@H](C)C(=O)N[C@H](C(=O)CNc1nc2c(-c3ccccc3)cccc2s1)C1CCCCC1. The van der Waals surface area contributed by atoms with Crippen LogP contribution in [0.4, 0.5) is 5.13 Å². The standard InChI is InChI=1S/C26H32N4O2S/c1-17(27-2)25(32)29-23(19-12-7-4-8-13-19)21(31)16-28-26-30-24-20(14-9-15-22(24)33-26)18-10-5-3-6-11-18/h3,5-6,9-11,14-15,17,19,23,27H,4,7-8,12-13,16H2,1-2H3,(H,28,30)(H,29,32)/t17-,23-/m0/s1. The number of ketones is 1. The summed E-state index contributed by atoms with van der Waals surface area (Å²) in [5.74, 6) is 0.0797. The van der Waals surface area contributed by atoms with Gasteiger partial charge in [0.1, 0.15) is 0 Å². The van der Waals surface area contributed by atoms with Crippen LogP contribution in [0.5, 0.6) is 0 Å². The minimum atomic E-state index is -0.463. The van der Waals surface area contributed by atoms with Crippen molar-refractivity contribution in [2.75, 3.05) is 18.9 Å². The van der Waals surface area contributed by atoms with Crippen LogP contribution >= 0.6 is 11.3 Å². The van der Waals surface area contributed by atoms with Crippen LogP contribution in [-0.2, 0) is 9.59 Å². The van der Waals surface area contributed by atoms with Crippen LogP contribution in [0.15, 0.2) is 48.5 Å². The fourth-order valence-electron chi connectivity index (χ4n) is 4.49. The van der Waals surface area contributed by atoms with Gasteiger partial charge in [0.05, 0.1) is 28.8 Å². The number of hydrogen-bond acceptors (Lipinski definition) is 6. The molecule has 1 fully saturated rings. The van der Waals surface area contributed by atoms with Crippen molar-refractivity contribution in [1.82, 2.24) is 15.6 Å². The Morgan fingerprint density at radius 1 is 1.06 bits per heavy atom. The van der Waals surface area contributed by atoms with Crippen LogP contribution in [0, 0.1) is 5.92 Å².